The van der Waals surface area contributed by atoms with E-state index in [4.69, 9.17) is 5.11 Å². The number of carbonyl (C=O) groups is 4. The van der Waals surface area contributed by atoms with Gasteiger partial charge in [-0.3, -0.25) is 19.7 Å². The molecule has 4 amide bonds. The minimum atomic E-state index is -1.21. The van der Waals surface area contributed by atoms with Crippen LogP contribution in [0.3, 0.4) is 0 Å². The molecular weight excluding hydrogens is 242 g/mol. The third-order valence-corrected chi connectivity index (χ3v) is 2.74. The fourth-order valence-corrected chi connectivity index (χ4v) is 1.43. The number of rotatable bonds is 2. The van der Waals surface area contributed by atoms with Crippen LogP contribution in [0.25, 0.3) is 0 Å². The molecule has 0 saturated carbocycles. The van der Waals surface area contributed by atoms with Gasteiger partial charge < -0.3 is 15.3 Å². The van der Waals surface area contributed by atoms with Crippen LogP contribution in [-0.2, 0) is 14.4 Å². The van der Waals surface area contributed by atoms with Crippen molar-refractivity contribution in [3.8, 4) is 0 Å². The van der Waals surface area contributed by atoms with Crippen molar-refractivity contribution in [3.63, 3.8) is 0 Å². The van der Waals surface area contributed by atoms with Crippen molar-refractivity contribution in [1.29, 1.82) is 0 Å². The monoisotopic (exact) mass is 257 g/mol. The summed E-state index contributed by atoms with van der Waals surface area (Å²) in [6.45, 7) is 3.94. The molecule has 0 bridgehead atoms. The van der Waals surface area contributed by atoms with E-state index in [1.165, 1.54) is 20.8 Å². The molecule has 1 rings (SSSR count). The first-order valence-corrected chi connectivity index (χ1v) is 5.31. The topological polar surface area (TPSA) is 116 Å². The second-order valence-corrected chi connectivity index (χ2v) is 4.53. The van der Waals surface area contributed by atoms with Crippen LogP contribution in [0.15, 0.2) is 0 Å². The molecule has 1 fully saturated rings. The average molecular weight is 257 g/mol. The van der Waals surface area contributed by atoms with E-state index in [9.17, 15) is 19.2 Å². The Morgan fingerprint density at radius 1 is 1.44 bits per heavy atom. The Labute approximate surface area is 103 Å². The van der Waals surface area contributed by atoms with Crippen LogP contribution < -0.4 is 10.6 Å². The molecule has 0 aliphatic carbocycles. The van der Waals surface area contributed by atoms with E-state index >= 15 is 0 Å². The number of urea groups is 1. The Balaban J connectivity index is 2.85. The third kappa shape index (κ3) is 2.58. The van der Waals surface area contributed by atoms with Crippen molar-refractivity contribution in [2.45, 2.75) is 32.4 Å². The number of carbonyl (C=O) groups excluding carboxylic acids is 3. The highest BCUT2D eigenvalue weighted by Crippen LogP contribution is 2.18. The lowest BCUT2D eigenvalue weighted by atomic mass is 9.99. The molecule has 1 saturated heterocycles. The van der Waals surface area contributed by atoms with Crippen molar-refractivity contribution >= 4 is 23.8 Å². The maximum atomic E-state index is 11.8. The summed E-state index contributed by atoms with van der Waals surface area (Å²) in [6.07, 6.45) is 0. The molecule has 18 heavy (non-hydrogen) atoms. The lowest BCUT2D eigenvalue weighted by molar-refractivity contribution is -0.142. The molecule has 0 radical (unpaired) electrons. The Morgan fingerprint density at radius 3 is 2.50 bits per heavy atom. The molecular formula is C10H15N3O5. The SMILES string of the molecule is C[C@H](NC(=O)N1CC(=O)NC(=O)C1(C)C)C(=O)O. The van der Waals surface area contributed by atoms with Gasteiger partial charge in [0.25, 0.3) is 5.91 Å². The summed E-state index contributed by atoms with van der Waals surface area (Å²) in [5, 5.41) is 13.0. The highest BCUT2D eigenvalue weighted by atomic mass is 16.4. The molecule has 0 spiro atoms. The van der Waals surface area contributed by atoms with Crippen molar-refractivity contribution in [2.24, 2.45) is 0 Å². The first kappa shape index (κ1) is 13.9. The van der Waals surface area contributed by atoms with Crippen molar-refractivity contribution < 1.29 is 24.3 Å². The highest BCUT2D eigenvalue weighted by molar-refractivity contribution is 6.06. The molecule has 0 aromatic carbocycles. The van der Waals surface area contributed by atoms with Crippen molar-refractivity contribution in [2.75, 3.05) is 6.54 Å². The second kappa shape index (κ2) is 4.63. The van der Waals surface area contributed by atoms with Gasteiger partial charge in [-0.1, -0.05) is 0 Å². The van der Waals surface area contributed by atoms with E-state index in [-0.39, 0.29) is 6.54 Å². The van der Waals surface area contributed by atoms with Gasteiger partial charge in [0.05, 0.1) is 0 Å². The smallest absolute Gasteiger partial charge is 0.325 e. The normalized spacial score (nSPS) is 20.1. The van der Waals surface area contributed by atoms with Gasteiger partial charge in [-0.25, -0.2) is 4.79 Å². The lowest BCUT2D eigenvalue weighted by Gasteiger charge is -2.40. The molecule has 1 aliphatic heterocycles. The number of hydrogen-bond donors (Lipinski definition) is 3. The molecule has 0 aromatic rings. The summed E-state index contributed by atoms with van der Waals surface area (Å²) in [6, 6.07) is -1.87. The number of nitrogens with one attached hydrogen (secondary N) is 2. The molecule has 1 atom stereocenters. The van der Waals surface area contributed by atoms with Crippen LogP contribution in [0.4, 0.5) is 4.79 Å². The third-order valence-electron chi connectivity index (χ3n) is 2.74. The summed E-state index contributed by atoms with van der Waals surface area (Å²) in [5.74, 6) is -2.40. The molecule has 8 nitrogen and oxygen atoms in total. The molecule has 1 heterocycles. The number of nitrogens with zero attached hydrogens (tertiary/aromatic N) is 1. The van der Waals surface area contributed by atoms with E-state index < -0.39 is 35.4 Å². The average Bonchev–Trinajstić information content (AvgIpc) is 2.23. The van der Waals surface area contributed by atoms with Crippen LogP contribution in [0.5, 0.6) is 0 Å². The number of hydrogen-bond acceptors (Lipinski definition) is 4. The Bertz CT molecular complexity index is 418. The van der Waals surface area contributed by atoms with Gasteiger partial charge in [-0.05, 0) is 20.8 Å². The van der Waals surface area contributed by atoms with Crippen molar-refractivity contribution in [3.05, 3.63) is 0 Å². The van der Waals surface area contributed by atoms with Crippen LogP contribution >= 0.6 is 0 Å². The Hall–Kier alpha value is -2.12. The largest absolute Gasteiger partial charge is 0.480 e. The van der Waals surface area contributed by atoms with Gasteiger partial charge in [0.1, 0.15) is 18.1 Å². The van der Waals surface area contributed by atoms with Gasteiger partial charge in [-0.2, -0.15) is 0 Å². The number of carboxylic acids is 1. The Morgan fingerprint density at radius 2 is 2.00 bits per heavy atom. The molecule has 0 aromatic heterocycles. The van der Waals surface area contributed by atoms with Gasteiger partial charge in [-0.15, -0.1) is 0 Å². The molecule has 100 valence electrons. The molecule has 1 aliphatic rings. The standard InChI is InChI=1S/C10H15N3O5/c1-5(7(15)16)11-9(18)13-4-6(14)12-8(17)10(13,2)3/h5H,4H2,1-3H3,(H,11,18)(H,15,16)(H,12,14,17)/t5-/m0/s1. The first-order chi connectivity index (χ1) is 8.16. The predicted octanol–water partition coefficient (Wildman–Crippen LogP) is -1.09. The maximum absolute atomic E-state index is 11.8. The lowest BCUT2D eigenvalue weighted by Crippen LogP contribution is -2.67. The van der Waals surface area contributed by atoms with Gasteiger partial charge in [0.2, 0.25) is 5.91 Å². The summed E-state index contributed by atoms with van der Waals surface area (Å²) < 4.78 is 0. The van der Waals surface area contributed by atoms with Gasteiger partial charge >= 0.3 is 12.0 Å². The van der Waals surface area contributed by atoms with Crippen LogP contribution in [0.2, 0.25) is 0 Å². The zero-order valence-electron chi connectivity index (χ0n) is 10.3. The van der Waals surface area contributed by atoms with Gasteiger partial charge in [0, 0.05) is 0 Å². The number of amides is 4. The predicted molar refractivity (Wildman–Crippen MR) is 59.6 cm³/mol. The number of piperazine rings is 1. The number of aliphatic carboxylic acids is 1. The second-order valence-electron chi connectivity index (χ2n) is 4.53. The maximum Gasteiger partial charge on any atom is 0.325 e. The van der Waals surface area contributed by atoms with E-state index in [1.807, 2.05) is 0 Å². The highest BCUT2D eigenvalue weighted by Gasteiger charge is 2.43. The summed E-state index contributed by atoms with van der Waals surface area (Å²) in [5.41, 5.74) is -1.21. The van der Waals surface area contributed by atoms with Crippen LogP contribution in [0.1, 0.15) is 20.8 Å². The number of imide groups is 1. The van der Waals surface area contributed by atoms with Crippen LogP contribution in [0, 0.1) is 0 Å². The quantitative estimate of drug-likeness (QED) is 0.543. The van der Waals surface area contributed by atoms with Gasteiger partial charge in [0.15, 0.2) is 0 Å². The molecule has 3 N–H and O–H groups in total. The molecule has 8 heteroatoms. The minimum Gasteiger partial charge on any atom is -0.480 e. The fourth-order valence-electron chi connectivity index (χ4n) is 1.43. The summed E-state index contributed by atoms with van der Waals surface area (Å²) in [4.78, 5) is 46.3. The number of carboxylic acid groups (broad SMARTS) is 1. The van der Waals surface area contributed by atoms with E-state index in [0.29, 0.717) is 0 Å². The van der Waals surface area contributed by atoms with E-state index in [0.717, 1.165) is 4.90 Å². The minimum absolute atomic E-state index is 0.295. The zero-order chi connectivity index (χ0) is 14.1. The summed E-state index contributed by atoms with van der Waals surface area (Å²) in [7, 11) is 0. The Kier molecular flexibility index (Phi) is 3.59. The summed E-state index contributed by atoms with van der Waals surface area (Å²) >= 11 is 0. The van der Waals surface area contributed by atoms with E-state index in [1.54, 1.807) is 0 Å². The van der Waals surface area contributed by atoms with Crippen LogP contribution in [-0.4, -0.2) is 51.9 Å². The first-order valence-electron chi connectivity index (χ1n) is 5.31. The van der Waals surface area contributed by atoms with Crippen molar-refractivity contribution in [1.82, 2.24) is 15.5 Å². The fraction of sp³-hybridized carbons (Fsp3) is 0.600. The zero-order valence-corrected chi connectivity index (χ0v) is 10.3. The van der Waals surface area contributed by atoms with E-state index in [2.05, 4.69) is 10.6 Å². The molecule has 0 unspecified atom stereocenters.